The van der Waals surface area contributed by atoms with Crippen LogP contribution in [0.5, 0.6) is 0 Å². The van der Waals surface area contributed by atoms with Crippen LogP contribution < -0.4 is 5.32 Å². The quantitative estimate of drug-likeness (QED) is 0.941. The largest absolute Gasteiger partial charge is 0.315 e. The predicted octanol–water partition coefficient (Wildman–Crippen LogP) is 2.80. The summed E-state index contributed by atoms with van der Waals surface area (Å²) >= 11 is 0. The van der Waals surface area contributed by atoms with Gasteiger partial charge >= 0.3 is 0 Å². The Hall–Kier alpha value is -1.78. The second-order valence-electron chi connectivity index (χ2n) is 5.70. The summed E-state index contributed by atoms with van der Waals surface area (Å²) in [5, 5.41) is 3.41. The average Bonchev–Trinajstić information content (AvgIpc) is 2.84. The van der Waals surface area contributed by atoms with Crippen molar-refractivity contribution in [3.05, 3.63) is 65.7 Å². The molecule has 1 aliphatic rings. The van der Waals surface area contributed by atoms with E-state index in [0.29, 0.717) is 0 Å². The van der Waals surface area contributed by atoms with Crippen molar-refractivity contribution >= 4 is 0 Å². The van der Waals surface area contributed by atoms with Crippen molar-refractivity contribution in [2.45, 2.75) is 18.9 Å². The molecule has 0 amide bonds. The summed E-state index contributed by atoms with van der Waals surface area (Å²) in [4.78, 5) is 6.81. The highest BCUT2D eigenvalue weighted by molar-refractivity contribution is 5.23. The van der Waals surface area contributed by atoms with Crippen molar-refractivity contribution in [3.8, 4) is 0 Å². The molecule has 22 heavy (non-hydrogen) atoms. The number of hydrogen-bond donors (Lipinski definition) is 1. The predicted molar refractivity (Wildman–Crippen MR) is 86.1 cm³/mol. The van der Waals surface area contributed by atoms with Crippen LogP contribution >= 0.6 is 0 Å². The summed E-state index contributed by atoms with van der Waals surface area (Å²) in [6.07, 6.45) is 3.63. The molecule has 1 aromatic carbocycles. The number of halogens is 1. The van der Waals surface area contributed by atoms with E-state index in [4.69, 9.17) is 0 Å². The fourth-order valence-electron chi connectivity index (χ4n) is 3.08. The Morgan fingerprint density at radius 2 is 1.95 bits per heavy atom. The number of nitrogens with zero attached hydrogens (tertiary/aromatic N) is 2. The summed E-state index contributed by atoms with van der Waals surface area (Å²) in [5.74, 6) is -0.124. The number of aromatic nitrogens is 1. The van der Waals surface area contributed by atoms with E-state index in [1.807, 2.05) is 30.3 Å². The first-order valence-corrected chi connectivity index (χ1v) is 7.94. The lowest BCUT2D eigenvalue weighted by atomic mass is 9.99. The van der Waals surface area contributed by atoms with Crippen LogP contribution in [0.15, 0.2) is 48.7 Å². The van der Waals surface area contributed by atoms with Crippen molar-refractivity contribution in [2.24, 2.45) is 0 Å². The minimum Gasteiger partial charge on any atom is -0.315 e. The molecule has 0 radical (unpaired) electrons. The third-order valence-electron chi connectivity index (χ3n) is 4.21. The number of rotatable bonds is 4. The van der Waals surface area contributed by atoms with Crippen molar-refractivity contribution < 1.29 is 4.39 Å². The van der Waals surface area contributed by atoms with E-state index in [1.165, 1.54) is 0 Å². The Morgan fingerprint density at radius 3 is 2.77 bits per heavy atom. The zero-order valence-electron chi connectivity index (χ0n) is 12.7. The zero-order valence-corrected chi connectivity index (χ0v) is 12.7. The lowest BCUT2D eigenvalue weighted by Crippen LogP contribution is -2.34. The molecule has 3 rings (SSSR count). The summed E-state index contributed by atoms with van der Waals surface area (Å²) in [6.45, 7) is 3.90. The van der Waals surface area contributed by atoms with E-state index >= 15 is 0 Å². The van der Waals surface area contributed by atoms with Crippen LogP contribution in [0.2, 0.25) is 0 Å². The first-order chi connectivity index (χ1) is 10.8. The molecule has 0 bridgehead atoms. The Bertz CT molecular complexity index is 580. The first kappa shape index (κ1) is 15.1. The molecule has 0 aliphatic carbocycles. The van der Waals surface area contributed by atoms with Gasteiger partial charge in [-0.3, -0.25) is 9.88 Å². The molecule has 1 unspecified atom stereocenters. The molecule has 1 N–H and O–H groups in total. The summed E-state index contributed by atoms with van der Waals surface area (Å²) in [5.41, 5.74) is 1.78. The SMILES string of the molecule is Fc1ccccc1C(Cc1ccccn1)N1CCCNCC1. The van der Waals surface area contributed by atoms with Crippen LogP contribution in [0, 0.1) is 5.82 Å². The van der Waals surface area contributed by atoms with Crippen LogP contribution in [-0.4, -0.2) is 36.1 Å². The Labute approximate surface area is 131 Å². The normalized spacial score (nSPS) is 17.9. The van der Waals surface area contributed by atoms with Crippen molar-refractivity contribution in [1.82, 2.24) is 15.2 Å². The standard InChI is InChI=1S/C18H22FN3/c19-17-8-2-1-7-16(17)18(14-15-6-3-4-10-21-15)22-12-5-9-20-11-13-22/h1-4,6-8,10,18,20H,5,9,11-14H2. The Kier molecular flexibility index (Phi) is 5.14. The fraction of sp³-hybridized carbons (Fsp3) is 0.389. The van der Waals surface area contributed by atoms with Gasteiger partial charge in [0.2, 0.25) is 0 Å². The second-order valence-corrected chi connectivity index (χ2v) is 5.70. The molecule has 1 fully saturated rings. The molecule has 0 saturated carbocycles. The van der Waals surface area contributed by atoms with Crippen LogP contribution in [-0.2, 0) is 6.42 Å². The Balaban J connectivity index is 1.89. The van der Waals surface area contributed by atoms with Gasteiger partial charge in [-0.15, -0.1) is 0 Å². The molecular weight excluding hydrogens is 277 g/mol. The van der Waals surface area contributed by atoms with Crippen molar-refractivity contribution in [1.29, 1.82) is 0 Å². The van der Waals surface area contributed by atoms with Crippen molar-refractivity contribution in [2.75, 3.05) is 26.2 Å². The minimum atomic E-state index is -0.124. The van der Waals surface area contributed by atoms with Gasteiger partial charge in [0.05, 0.1) is 0 Å². The van der Waals surface area contributed by atoms with E-state index < -0.39 is 0 Å². The summed E-state index contributed by atoms with van der Waals surface area (Å²) in [7, 11) is 0. The number of hydrogen-bond acceptors (Lipinski definition) is 3. The monoisotopic (exact) mass is 299 g/mol. The van der Waals surface area contributed by atoms with Gasteiger partial charge in [0.15, 0.2) is 0 Å². The van der Waals surface area contributed by atoms with Crippen molar-refractivity contribution in [3.63, 3.8) is 0 Å². The number of benzene rings is 1. The highest BCUT2D eigenvalue weighted by Crippen LogP contribution is 2.27. The maximum atomic E-state index is 14.3. The highest BCUT2D eigenvalue weighted by atomic mass is 19.1. The van der Waals surface area contributed by atoms with E-state index in [-0.39, 0.29) is 11.9 Å². The van der Waals surface area contributed by atoms with E-state index in [2.05, 4.69) is 15.2 Å². The molecule has 0 spiro atoms. The lowest BCUT2D eigenvalue weighted by molar-refractivity contribution is 0.204. The molecule has 116 valence electrons. The minimum absolute atomic E-state index is 0.0380. The molecule has 4 heteroatoms. The third-order valence-corrected chi connectivity index (χ3v) is 4.21. The lowest BCUT2D eigenvalue weighted by Gasteiger charge is -2.31. The highest BCUT2D eigenvalue weighted by Gasteiger charge is 2.24. The molecule has 1 aliphatic heterocycles. The van der Waals surface area contributed by atoms with Gasteiger partial charge in [0, 0.05) is 49.6 Å². The molecule has 3 nitrogen and oxygen atoms in total. The first-order valence-electron chi connectivity index (χ1n) is 7.94. The molecule has 1 saturated heterocycles. The summed E-state index contributed by atoms with van der Waals surface area (Å²) < 4.78 is 14.3. The van der Waals surface area contributed by atoms with Crippen LogP contribution in [0.3, 0.4) is 0 Å². The number of pyridine rings is 1. The molecule has 1 aromatic heterocycles. The van der Waals surface area contributed by atoms with Gasteiger partial charge < -0.3 is 5.32 Å². The fourth-order valence-corrected chi connectivity index (χ4v) is 3.08. The average molecular weight is 299 g/mol. The zero-order chi connectivity index (χ0) is 15.2. The van der Waals surface area contributed by atoms with Gasteiger partial charge in [-0.2, -0.15) is 0 Å². The molecule has 2 heterocycles. The summed E-state index contributed by atoms with van der Waals surface area (Å²) in [6, 6.07) is 13.1. The van der Waals surface area contributed by atoms with E-state index in [9.17, 15) is 4.39 Å². The van der Waals surface area contributed by atoms with Gasteiger partial charge in [0.1, 0.15) is 5.82 Å². The van der Waals surface area contributed by atoms with Gasteiger partial charge in [-0.05, 0) is 31.2 Å². The molecular formula is C18H22FN3. The third kappa shape index (κ3) is 3.70. The van der Waals surface area contributed by atoms with E-state index in [0.717, 1.165) is 50.3 Å². The van der Waals surface area contributed by atoms with Crippen LogP contribution in [0.25, 0.3) is 0 Å². The topological polar surface area (TPSA) is 28.2 Å². The van der Waals surface area contributed by atoms with Crippen LogP contribution in [0.4, 0.5) is 4.39 Å². The van der Waals surface area contributed by atoms with Crippen LogP contribution in [0.1, 0.15) is 23.7 Å². The smallest absolute Gasteiger partial charge is 0.127 e. The second kappa shape index (κ2) is 7.47. The van der Waals surface area contributed by atoms with E-state index in [1.54, 1.807) is 18.3 Å². The number of nitrogens with one attached hydrogen (secondary N) is 1. The van der Waals surface area contributed by atoms with Gasteiger partial charge in [-0.25, -0.2) is 4.39 Å². The molecule has 1 atom stereocenters. The molecule has 2 aromatic rings. The van der Waals surface area contributed by atoms with Gasteiger partial charge in [0.25, 0.3) is 0 Å². The maximum Gasteiger partial charge on any atom is 0.127 e. The Morgan fingerprint density at radius 1 is 1.09 bits per heavy atom. The maximum absolute atomic E-state index is 14.3. The van der Waals surface area contributed by atoms with Gasteiger partial charge in [-0.1, -0.05) is 24.3 Å².